The zero-order valence-corrected chi connectivity index (χ0v) is 11.3. The number of likely N-dealkylation sites (tertiary alicyclic amines) is 1. The van der Waals surface area contributed by atoms with Crippen LogP contribution in [0.1, 0.15) is 23.7 Å². The number of hydrogen-bond acceptors (Lipinski definition) is 4. The van der Waals surface area contributed by atoms with E-state index in [-0.39, 0.29) is 30.2 Å². The van der Waals surface area contributed by atoms with Crippen LogP contribution in [0.15, 0.2) is 11.4 Å². The lowest BCUT2D eigenvalue weighted by atomic mass is 10.0. The van der Waals surface area contributed by atoms with Crippen LogP contribution in [0, 0.1) is 5.92 Å². The Morgan fingerprint density at radius 3 is 2.95 bits per heavy atom. The lowest BCUT2D eigenvalue weighted by Gasteiger charge is -2.25. The maximum absolute atomic E-state index is 12.1. The van der Waals surface area contributed by atoms with Gasteiger partial charge in [-0.1, -0.05) is 6.92 Å². The van der Waals surface area contributed by atoms with Crippen molar-refractivity contribution in [2.45, 2.75) is 19.4 Å². The molecule has 6 nitrogen and oxygen atoms in total. The highest BCUT2D eigenvalue weighted by Gasteiger charge is 2.34. The lowest BCUT2D eigenvalue weighted by molar-refractivity contribution is 0.0698. The Hall–Kier alpha value is -1.60. The van der Waals surface area contributed by atoms with Crippen molar-refractivity contribution in [1.29, 1.82) is 0 Å². The maximum atomic E-state index is 12.1. The Morgan fingerprint density at radius 2 is 2.32 bits per heavy atom. The molecule has 19 heavy (non-hydrogen) atoms. The van der Waals surface area contributed by atoms with Gasteiger partial charge in [0, 0.05) is 6.54 Å². The standard InChI is InChI=1S/C12H16N2O4S/c1-7-2-4-14(9(7)6-15)12(18)13-10-8(11(16)17)3-5-19-10/h3,5,7,9,15H,2,4,6H2,1H3,(H,13,18)(H,16,17). The normalized spacial score (nSPS) is 22.5. The number of urea groups is 1. The van der Waals surface area contributed by atoms with E-state index < -0.39 is 5.97 Å². The molecule has 0 aromatic carbocycles. The van der Waals surface area contributed by atoms with E-state index in [0.29, 0.717) is 11.5 Å². The van der Waals surface area contributed by atoms with Crippen molar-refractivity contribution < 1.29 is 19.8 Å². The molecule has 0 saturated carbocycles. The van der Waals surface area contributed by atoms with Crippen LogP contribution in [0.5, 0.6) is 0 Å². The van der Waals surface area contributed by atoms with Crippen LogP contribution < -0.4 is 5.32 Å². The number of rotatable bonds is 3. The Bertz CT molecular complexity index is 488. The number of nitrogens with one attached hydrogen (secondary N) is 1. The van der Waals surface area contributed by atoms with Crippen LogP contribution >= 0.6 is 11.3 Å². The molecular formula is C12H16N2O4S. The van der Waals surface area contributed by atoms with E-state index in [9.17, 15) is 14.7 Å². The number of carbonyl (C=O) groups excluding carboxylic acids is 1. The Morgan fingerprint density at radius 1 is 1.58 bits per heavy atom. The molecule has 1 saturated heterocycles. The molecule has 1 aromatic heterocycles. The van der Waals surface area contributed by atoms with E-state index in [0.717, 1.165) is 6.42 Å². The smallest absolute Gasteiger partial charge is 0.338 e. The number of amides is 2. The van der Waals surface area contributed by atoms with Crippen LogP contribution in [0.3, 0.4) is 0 Å². The van der Waals surface area contributed by atoms with E-state index in [1.54, 1.807) is 10.3 Å². The number of aliphatic hydroxyl groups is 1. The minimum atomic E-state index is -1.06. The fraction of sp³-hybridized carbons (Fsp3) is 0.500. The molecule has 0 radical (unpaired) electrons. The van der Waals surface area contributed by atoms with Crippen molar-refractivity contribution >= 4 is 28.3 Å². The third-order valence-corrected chi connectivity index (χ3v) is 4.28. The molecule has 1 aliphatic heterocycles. The molecule has 7 heteroatoms. The van der Waals surface area contributed by atoms with Crippen LogP contribution in [0.4, 0.5) is 9.80 Å². The van der Waals surface area contributed by atoms with E-state index in [1.165, 1.54) is 17.4 Å². The van der Waals surface area contributed by atoms with E-state index >= 15 is 0 Å². The third-order valence-electron chi connectivity index (χ3n) is 3.45. The van der Waals surface area contributed by atoms with Gasteiger partial charge in [-0.05, 0) is 23.8 Å². The molecule has 2 heterocycles. The van der Waals surface area contributed by atoms with Crippen LogP contribution in [-0.2, 0) is 0 Å². The highest BCUT2D eigenvalue weighted by atomic mass is 32.1. The van der Waals surface area contributed by atoms with E-state index in [4.69, 9.17) is 5.11 Å². The van der Waals surface area contributed by atoms with Crippen molar-refractivity contribution in [3.8, 4) is 0 Å². The SMILES string of the molecule is CC1CCN(C(=O)Nc2sccc2C(=O)O)C1CO. The van der Waals surface area contributed by atoms with Gasteiger partial charge in [0.25, 0.3) is 0 Å². The fourth-order valence-electron chi connectivity index (χ4n) is 2.28. The number of aliphatic hydroxyl groups excluding tert-OH is 1. The Labute approximate surface area is 114 Å². The molecule has 1 aromatic rings. The molecule has 104 valence electrons. The summed E-state index contributed by atoms with van der Waals surface area (Å²) in [5.41, 5.74) is 0.0890. The number of nitrogens with zero attached hydrogens (tertiary/aromatic N) is 1. The molecule has 2 atom stereocenters. The predicted octanol–water partition coefficient (Wildman–Crippen LogP) is 1.68. The number of anilines is 1. The first-order valence-corrected chi connectivity index (χ1v) is 6.91. The number of aromatic carboxylic acids is 1. The van der Waals surface area contributed by atoms with Gasteiger partial charge >= 0.3 is 12.0 Å². The van der Waals surface area contributed by atoms with Crippen molar-refractivity contribution in [3.05, 3.63) is 17.0 Å². The second-order valence-electron chi connectivity index (χ2n) is 4.61. The zero-order chi connectivity index (χ0) is 14.0. The highest BCUT2D eigenvalue weighted by Crippen LogP contribution is 2.27. The van der Waals surface area contributed by atoms with Gasteiger partial charge in [0.1, 0.15) is 5.00 Å². The van der Waals surface area contributed by atoms with Crippen LogP contribution in [0.2, 0.25) is 0 Å². The molecule has 1 aliphatic rings. The molecule has 0 spiro atoms. The summed E-state index contributed by atoms with van der Waals surface area (Å²) in [6.07, 6.45) is 0.842. The minimum absolute atomic E-state index is 0.0786. The molecule has 2 amide bonds. The van der Waals surface area contributed by atoms with Crippen LogP contribution in [-0.4, -0.2) is 46.3 Å². The number of hydrogen-bond donors (Lipinski definition) is 3. The van der Waals surface area contributed by atoms with Gasteiger partial charge in [-0.25, -0.2) is 9.59 Å². The first kappa shape index (κ1) is 13.8. The second-order valence-corrected chi connectivity index (χ2v) is 5.52. The third kappa shape index (κ3) is 2.71. The molecule has 0 aliphatic carbocycles. The predicted molar refractivity (Wildman–Crippen MR) is 71.7 cm³/mol. The van der Waals surface area contributed by atoms with Crippen LogP contribution in [0.25, 0.3) is 0 Å². The summed E-state index contributed by atoms with van der Waals surface area (Å²) in [6.45, 7) is 2.48. The Kier molecular flexibility index (Phi) is 4.06. The number of thiophene rings is 1. The lowest BCUT2D eigenvalue weighted by Crippen LogP contribution is -2.42. The summed E-state index contributed by atoms with van der Waals surface area (Å²) in [7, 11) is 0. The fourth-order valence-corrected chi connectivity index (χ4v) is 3.05. The average Bonchev–Trinajstić information content (AvgIpc) is 2.95. The van der Waals surface area contributed by atoms with Gasteiger partial charge in [0.05, 0.1) is 18.2 Å². The summed E-state index contributed by atoms with van der Waals surface area (Å²) in [5, 5.41) is 22.8. The maximum Gasteiger partial charge on any atom is 0.338 e. The molecule has 2 rings (SSSR count). The van der Waals surface area contributed by atoms with Gasteiger partial charge in [-0.3, -0.25) is 5.32 Å². The first-order valence-electron chi connectivity index (χ1n) is 6.04. The first-order chi connectivity index (χ1) is 9.04. The number of carbonyl (C=O) groups is 2. The van der Waals surface area contributed by atoms with Crippen molar-refractivity contribution in [2.75, 3.05) is 18.5 Å². The summed E-state index contributed by atoms with van der Waals surface area (Å²) in [6, 6.07) is 0.903. The molecule has 0 bridgehead atoms. The van der Waals surface area contributed by atoms with E-state index in [2.05, 4.69) is 5.32 Å². The zero-order valence-electron chi connectivity index (χ0n) is 10.5. The number of carboxylic acid groups (broad SMARTS) is 1. The van der Waals surface area contributed by atoms with Gasteiger partial charge in [-0.2, -0.15) is 0 Å². The van der Waals surface area contributed by atoms with Gasteiger partial charge in [0.2, 0.25) is 0 Å². The molecule has 2 unspecified atom stereocenters. The Balaban J connectivity index is 2.09. The molecule has 3 N–H and O–H groups in total. The highest BCUT2D eigenvalue weighted by molar-refractivity contribution is 7.14. The van der Waals surface area contributed by atoms with E-state index in [1.807, 2.05) is 6.92 Å². The van der Waals surface area contributed by atoms with Crippen molar-refractivity contribution in [3.63, 3.8) is 0 Å². The summed E-state index contributed by atoms with van der Waals surface area (Å²) < 4.78 is 0. The molecule has 1 fully saturated rings. The minimum Gasteiger partial charge on any atom is -0.478 e. The average molecular weight is 284 g/mol. The topological polar surface area (TPSA) is 89.9 Å². The van der Waals surface area contributed by atoms with Gasteiger partial charge in [0.15, 0.2) is 0 Å². The van der Waals surface area contributed by atoms with Crippen molar-refractivity contribution in [1.82, 2.24) is 4.90 Å². The largest absolute Gasteiger partial charge is 0.478 e. The monoisotopic (exact) mass is 284 g/mol. The second kappa shape index (κ2) is 5.58. The van der Waals surface area contributed by atoms with Gasteiger partial charge < -0.3 is 15.1 Å². The summed E-state index contributed by atoms with van der Waals surface area (Å²) >= 11 is 1.17. The summed E-state index contributed by atoms with van der Waals surface area (Å²) in [5.74, 6) is -0.817. The van der Waals surface area contributed by atoms with Gasteiger partial charge in [-0.15, -0.1) is 11.3 Å². The van der Waals surface area contributed by atoms with Crippen molar-refractivity contribution in [2.24, 2.45) is 5.92 Å². The molecular weight excluding hydrogens is 268 g/mol. The summed E-state index contributed by atoms with van der Waals surface area (Å²) in [4.78, 5) is 24.6. The number of carboxylic acids is 1. The quantitative estimate of drug-likeness (QED) is 0.787.